The van der Waals surface area contributed by atoms with Crippen LogP contribution in [0.3, 0.4) is 0 Å². The topological polar surface area (TPSA) is 63.4 Å². The van der Waals surface area contributed by atoms with Crippen LogP contribution in [0.5, 0.6) is 0 Å². The number of halogens is 2. The standard InChI is InChI=1S/C10H14Cl2N2O2S2/c1-6-3-2-4-14(10(6)13)18(15,16)7-5-8(11)17-9(7)12/h5-6,10H,2-4,13H2,1H3. The third kappa shape index (κ3) is 2.55. The smallest absolute Gasteiger partial charge is 0.246 e. The van der Waals surface area contributed by atoms with Crippen molar-refractivity contribution >= 4 is 44.6 Å². The molecule has 0 amide bonds. The summed E-state index contributed by atoms with van der Waals surface area (Å²) in [5, 5.41) is 0. The van der Waals surface area contributed by atoms with E-state index in [-0.39, 0.29) is 15.1 Å². The summed E-state index contributed by atoms with van der Waals surface area (Å²) in [6, 6.07) is 1.38. The average Bonchev–Trinajstić information content (AvgIpc) is 2.62. The van der Waals surface area contributed by atoms with Crippen molar-refractivity contribution in [2.75, 3.05) is 6.54 Å². The summed E-state index contributed by atoms with van der Waals surface area (Å²) in [5.41, 5.74) is 5.98. The number of piperidine rings is 1. The lowest BCUT2D eigenvalue weighted by Gasteiger charge is -2.36. The van der Waals surface area contributed by atoms with E-state index in [0.717, 1.165) is 24.2 Å². The molecule has 1 aliphatic heterocycles. The fourth-order valence-electron chi connectivity index (χ4n) is 2.08. The maximum absolute atomic E-state index is 12.5. The summed E-state index contributed by atoms with van der Waals surface area (Å²) in [6.45, 7) is 2.38. The van der Waals surface area contributed by atoms with Gasteiger partial charge in [0.25, 0.3) is 0 Å². The lowest BCUT2D eigenvalue weighted by molar-refractivity contribution is 0.192. The van der Waals surface area contributed by atoms with E-state index in [1.165, 1.54) is 10.4 Å². The van der Waals surface area contributed by atoms with E-state index < -0.39 is 16.2 Å². The van der Waals surface area contributed by atoms with Gasteiger partial charge < -0.3 is 5.73 Å². The Morgan fingerprint density at radius 3 is 2.72 bits per heavy atom. The Hall–Kier alpha value is 0.150. The van der Waals surface area contributed by atoms with Gasteiger partial charge in [-0.1, -0.05) is 30.1 Å². The highest BCUT2D eigenvalue weighted by Gasteiger charge is 2.36. The first kappa shape index (κ1) is 14.6. The van der Waals surface area contributed by atoms with Gasteiger partial charge in [-0.05, 0) is 24.8 Å². The zero-order valence-corrected chi connectivity index (χ0v) is 12.9. The van der Waals surface area contributed by atoms with Crippen LogP contribution in [0.15, 0.2) is 11.0 Å². The maximum Gasteiger partial charge on any atom is 0.246 e. The number of hydrogen-bond donors (Lipinski definition) is 1. The fraction of sp³-hybridized carbons (Fsp3) is 0.600. The number of nitrogens with zero attached hydrogens (tertiary/aromatic N) is 1. The molecule has 2 heterocycles. The van der Waals surface area contributed by atoms with Crippen molar-refractivity contribution in [1.82, 2.24) is 4.31 Å². The summed E-state index contributed by atoms with van der Waals surface area (Å²) >= 11 is 12.8. The van der Waals surface area contributed by atoms with Crippen molar-refractivity contribution in [2.45, 2.75) is 30.8 Å². The van der Waals surface area contributed by atoms with Crippen LogP contribution >= 0.6 is 34.5 Å². The number of rotatable bonds is 2. The third-order valence-corrected chi connectivity index (χ3v) is 6.82. The quantitative estimate of drug-likeness (QED) is 0.907. The van der Waals surface area contributed by atoms with Crippen molar-refractivity contribution < 1.29 is 8.42 Å². The minimum atomic E-state index is -3.65. The molecule has 2 unspecified atom stereocenters. The molecular formula is C10H14Cl2N2O2S2. The van der Waals surface area contributed by atoms with Crippen LogP contribution in [0.4, 0.5) is 0 Å². The Bertz CT molecular complexity index is 544. The number of nitrogens with two attached hydrogens (primary N) is 1. The zero-order chi connectivity index (χ0) is 13.5. The molecule has 2 rings (SSSR count). The second-order valence-electron chi connectivity index (χ2n) is 4.41. The molecule has 4 nitrogen and oxygen atoms in total. The summed E-state index contributed by atoms with van der Waals surface area (Å²) in [5.74, 6) is 0.140. The highest BCUT2D eigenvalue weighted by atomic mass is 35.5. The van der Waals surface area contributed by atoms with Crippen molar-refractivity contribution in [1.29, 1.82) is 0 Å². The molecule has 1 aliphatic rings. The Kier molecular flexibility index (Phi) is 4.26. The monoisotopic (exact) mass is 328 g/mol. The molecule has 2 N–H and O–H groups in total. The lowest BCUT2D eigenvalue weighted by Crippen LogP contribution is -2.52. The van der Waals surface area contributed by atoms with E-state index in [4.69, 9.17) is 28.9 Å². The Labute approximate surface area is 121 Å². The molecule has 8 heteroatoms. The highest BCUT2D eigenvalue weighted by Crippen LogP contribution is 2.37. The van der Waals surface area contributed by atoms with E-state index >= 15 is 0 Å². The molecule has 0 bridgehead atoms. The molecular weight excluding hydrogens is 315 g/mol. The SMILES string of the molecule is CC1CCCN(S(=O)(=O)c2cc(Cl)sc2Cl)C1N. The normalized spacial score (nSPS) is 26.4. The van der Waals surface area contributed by atoms with Crippen LogP contribution in [0.1, 0.15) is 19.8 Å². The van der Waals surface area contributed by atoms with Crippen molar-refractivity contribution in [2.24, 2.45) is 11.7 Å². The minimum absolute atomic E-state index is 0.0590. The van der Waals surface area contributed by atoms with E-state index in [0.29, 0.717) is 10.9 Å². The van der Waals surface area contributed by atoms with Gasteiger partial charge in [-0.15, -0.1) is 11.3 Å². The van der Waals surface area contributed by atoms with E-state index in [1.54, 1.807) is 0 Å². The summed E-state index contributed by atoms with van der Waals surface area (Å²) in [7, 11) is -3.65. The largest absolute Gasteiger partial charge is 0.315 e. The first-order valence-electron chi connectivity index (χ1n) is 5.56. The molecule has 0 aliphatic carbocycles. The van der Waals surface area contributed by atoms with Gasteiger partial charge >= 0.3 is 0 Å². The molecule has 2 atom stereocenters. The van der Waals surface area contributed by atoms with Gasteiger partial charge in [0, 0.05) is 6.54 Å². The predicted octanol–water partition coefficient (Wildman–Crippen LogP) is 2.76. The van der Waals surface area contributed by atoms with Gasteiger partial charge in [0.2, 0.25) is 10.0 Å². The third-order valence-electron chi connectivity index (χ3n) is 3.17. The molecule has 0 spiro atoms. The van der Waals surface area contributed by atoms with E-state index in [9.17, 15) is 8.42 Å². The van der Waals surface area contributed by atoms with E-state index in [1.807, 2.05) is 6.92 Å². The van der Waals surface area contributed by atoms with Crippen molar-refractivity contribution in [3.8, 4) is 0 Å². The molecule has 1 aromatic heterocycles. The maximum atomic E-state index is 12.5. The first-order chi connectivity index (χ1) is 8.34. The number of sulfonamides is 1. The highest BCUT2D eigenvalue weighted by molar-refractivity contribution is 7.89. The average molecular weight is 329 g/mol. The van der Waals surface area contributed by atoms with Crippen molar-refractivity contribution in [3.63, 3.8) is 0 Å². The van der Waals surface area contributed by atoms with Gasteiger partial charge in [-0.2, -0.15) is 4.31 Å². The fourth-order valence-corrected chi connectivity index (χ4v) is 5.84. The van der Waals surface area contributed by atoms with Crippen LogP contribution in [0.25, 0.3) is 0 Å². The molecule has 1 fully saturated rings. The van der Waals surface area contributed by atoms with Gasteiger partial charge in [0.05, 0.1) is 10.5 Å². The second kappa shape index (κ2) is 5.26. The molecule has 102 valence electrons. The van der Waals surface area contributed by atoms with Gasteiger partial charge in [0.1, 0.15) is 9.23 Å². The van der Waals surface area contributed by atoms with Crippen LogP contribution in [-0.2, 0) is 10.0 Å². The molecule has 1 aromatic rings. The lowest BCUT2D eigenvalue weighted by atomic mass is 9.99. The Balaban J connectivity index is 2.39. The van der Waals surface area contributed by atoms with Gasteiger partial charge in [-0.25, -0.2) is 8.42 Å². The Morgan fingerprint density at radius 2 is 2.17 bits per heavy atom. The molecule has 0 saturated carbocycles. The molecule has 18 heavy (non-hydrogen) atoms. The summed E-state index contributed by atoms with van der Waals surface area (Å²) < 4.78 is 26.8. The second-order valence-corrected chi connectivity index (χ2v) is 8.56. The van der Waals surface area contributed by atoms with Gasteiger partial charge in [-0.3, -0.25) is 0 Å². The summed E-state index contributed by atoms with van der Waals surface area (Å²) in [6.07, 6.45) is 1.24. The molecule has 0 radical (unpaired) electrons. The van der Waals surface area contributed by atoms with Crippen LogP contribution in [0, 0.1) is 5.92 Å². The van der Waals surface area contributed by atoms with Crippen LogP contribution in [-0.4, -0.2) is 25.4 Å². The Morgan fingerprint density at radius 1 is 1.50 bits per heavy atom. The van der Waals surface area contributed by atoms with Crippen LogP contribution < -0.4 is 5.73 Å². The van der Waals surface area contributed by atoms with Crippen LogP contribution in [0.2, 0.25) is 8.67 Å². The molecule has 1 saturated heterocycles. The minimum Gasteiger partial charge on any atom is -0.315 e. The zero-order valence-electron chi connectivity index (χ0n) is 9.77. The molecule has 0 aromatic carbocycles. The van der Waals surface area contributed by atoms with E-state index in [2.05, 4.69) is 0 Å². The first-order valence-corrected chi connectivity index (χ1v) is 8.57. The summed E-state index contributed by atoms with van der Waals surface area (Å²) in [4.78, 5) is 0.0590. The van der Waals surface area contributed by atoms with Crippen molar-refractivity contribution in [3.05, 3.63) is 14.7 Å². The predicted molar refractivity (Wildman–Crippen MR) is 74.6 cm³/mol. The number of thiophene rings is 1. The van der Waals surface area contributed by atoms with Gasteiger partial charge in [0.15, 0.2) is 0 Å². The number of hydrogen-bond acceptors (Lipinski definition) is 4.